The molecule has 0 amide bonds. The first-order chi connectivity index (χ1) is 7.36. The van der Waals surface area contributed by atoms with Crippen LogP contribution in [0.3, 0.4) is 0 Å². The van der Waals surface area contributed by atoms with Gasteiger partial charge in [0, 0.05) is 26.4 Å². The topological polar surface area (TPSA) is 80.9 Å². The minimum Gasteiger partial charge on any atom is -0.383 e. The molecule has 1 heterocycles. The van der Waals surface area contributed by atoms with E-state index in [1.165, 1.54) is 0 Å². The molecule has 0 atom stereocenters. The molecule has 6 heteroatoms. The Morgan fingerprint density at radius 1 is 1.53 bits per heavy atom. The second-order valence-corrected chi connectivity index (χ2v) is 3.40. The number of nitrogens with two attached hydrogens (primary N) is 1. The van der Waals surface area contributed by atoms with Gasteiger partial charge in [0.1, 0.15) is 0 Å². The van der Waals surface area contributed by atoms with E-state index in [2.05, 4.69) is 15.7 Å². The molecule has 0 aliphatic carbocycles. The number of hydrazine groups is 1. The molecule has 6 nitrogen and oxygen atoms in total. The van der Waals surface area contributed by atoms with Gasteiger partial charge in [0.2, 0.25) is 5.96 Å². The highest BCUT2D eigenvalue weighted by atomic mass is 16.5. The van der Waals surface area contributed by atoms with Crippen molar-refractivity contribution < 1.29 is 9.47 Å². The van der Waals surface area contributed by atoms with Crippen LogP contribution in [0.2, 0.25) is 0 Å². The first-order valence-electron chi connectivity index (χ1n) is 5.21. The zero-order valence-electron chi connectivity index (χ0n) is 9.16. The van der Waals surface area contributed by atoms with E-state index in [0.29, 0.717) is 25.2 Å². The summed E-state index contributed by atoms with van der Waals surface area (Å²) >= 11 is 0. The van der Waals surface area contributed by atoms with E-state index in [-0.39, 0.29) is 0 Å². The number of hydrogen-bond acceptors (Lipinski definition) is 4. The van der Waals surface area contributed by atoms with Crippen molar-refractivity contribution in [3.63, 3.8) is 0 Å². The number of nitrogens with one attached hydrogen (secondary N) is 2. The lowest BCUT2D eigenvalue weighted by molar-refractivity contribution is 0.0822. The Bertz CT molecular complexity index is 193. The van der Waals surface area contributed by atoms with Gasteiger partial charge in [-0.1, -0.05) is 0 Å². The number of ether oxygens (including phenoxy) is 2. The lowest BCUT2D eigenvalue weighted by Crippen LogP contribution is -2.48. The third-order valence-corrected chi connectivity index (χ3v) is 2.26. The van der Waals surface area contributed by atoms with E-state index < -0.39 is 0 Å². The second kappa shape index (κ2) is 7.44. The molecule has 0 spiro atoms. The van der Waals surface area contributed by atoms with Crippen molar-refractivity contribution in [3.8, 4) is 0 Å². The van der Waals surface area contributed by atoms with Crippen LogP contribution in [0.4, 0.5) is 0 Å². The van der Waals surface area contributed by atoms with Crippen LogP contribution in [0.1, 0.15) is 12.8 Å². The van der Waals surface area contributed by atoms with Gasteiger partial charge in [-0.05, 0) is 12.8 Å². The Labute approximate surface area is 90.2 Å². The van der Waals surface area contributed by atoms with Crippen molar-refractivity contribution in [1.29, 1.82) is 0 Å². The van der Waals surface area contributed by atoms with Crippen molar-refractivity contribution in [2.45, 2.75) is 18.9 Å². The van der Waals surface area contributed by atoms with E-state index in [0.717, 1.165) is 26.1 Å². The first kappa shape index (κ1) is 12.2. The highest BCUT2D eigenvalue weighted by Crippen LogP contribution is 2.05. The lowest BCUT2D eigenvalue weighted by Gasteiger charge is -2.24. The summed E-state index contributed by atoms with van der Waals surface area (Å²) in [5.74, 6) is 5.98. The van der Waals surface area contributed by atoms with Crippen molar-refractivity contribution >= 4 is 5.96 Å². The molecule has 0 radical (unpaired) electrons. The summed E-state index contributed by atoms with van der Waals surface area (Å²) in [6, 6.07) is 0.399. The average Bonchev–Trinajstić information content (AvgIpc) is 2.29. The molecule has 0 unspecified atom stereocenters. The van der Waals surface area contributed by atoms with Gasteiger partial charge in [0.05, 0.1) is 13.2 Å². The predicted molar refractivity (Wildman–Crippen MR) is 58.5 cm³/mol. The van der Waals surface area contributed by atoms with E-state index in [4.69, 9.17) is 15.3 Å². The van der Waals surface area contributed by atoms with Crippen molar-refractivity contribution in [3.05, 3.63) is 0 Å². The quantitative estimate of drug-likeness (QED) is 0.189. The lowest BCUT2D eigenvalue weighted by atomic mass is 10.1. The number of aliphatic imine (C=N–C) groups is 1. The number of hydrogen-bond donors (Lipinski definition) is 3. The maximum atomic E-state index is 5.36. The van der Waals surface area contributed by atoms with Crippen LogP contribution < -0.4 is 16.6 Å². The molecule has 4 N–H and O–H groups in total. The van der Waals surface area contributed by atoms with Crippen LogP contribution >= 0.6 is 0 Å². The molecule has 1 rings (SSSR count). The predicted octanol–water partition coefficient (Wildman–Crippen LogP) is -0.779. The summed E-state index contributed by atoms with van der Waals surface area (Å²) in [5.41, 5.74) is 2.55. The van der Waals surface area contributed by atoms with Gasteiger partial charge in [-0.2, -0.15) is 0 Å². The Balaban J connectivity index is 2.27. The minimum absolute atomic E-state index is 0.399. The third kappa shape index (κ3) is 4.96. The fraction of sp³-hybridized carbons (Fsp3) is 0.889. The molecule has 0 aromatic carbocycles. The van der Waals surface area contributed by atoms with E-state index in [9.17, 15) is 0 Å². The Hall–Kier alpha value is -0.850. The summed E-state index contributed by atoms with van der Waals surface area (Å²) in [5, 5.41) is 3.24. The molecule has 1 aliphatic heterocycles. The summed E-state index contributed by atoms with van der Waals surface area (Å²) in [7, 11) is 1.65. The number of nitrogens with zero attached hydrogens (tertiary/aromatic N) is 1. The van der Waals surface area contributed by atoms with Crippen LogP contribution in [0.25, 0.3) is 0 Å². The van der Waals surface area contributed by atoms with Gasteiger partial charge >= 0.3 is 0 Å². The normalized spacial score (nSPS) is 18.9. The average molecular weight is 216 g/mol. The van der Waals surface area contributed by atoms with Crippen LogP contribution in [0.15, 0.2) is 4.99 Å². The number of guanidine groups is 1. The number of methoxy groups -OCH3 is 1. The minimum atomic E-state index is 0.399. The second-order valence-electron chi connectivity index (χ2n) is 3.40. The Morgan fingerprint density at radius 3 is 2.87 bits per heavy atom. The Kier molecular flexibility index (Phi) is 6.06. The van der Waals surface area contributed by atoms with E-state index in [1.807, 2.05) is 0 Å². The monoisotopic (exact) mass is 216 g/mol. The molecule has 0 saturated carbocycles. The highest BCUT2D eigenvalue weighted by Gasteiger charge is 2.14. The SMILES string of the molecule is COCCN=C(NN)NC1CCOCC1. The fourth-order valence-electron chi connectivity index (χ4n) is 1.42. The standard InChI is InChI=1S/C9H20N4O2/c1-14-7-4-11-9(13-10)12-8-2-5-15-6-3-8/h8H,2-7,10H2,1H3,(H2,11,12,13). The smallest absolute Gasteiger partial charge is 0.206 e. The molecule has 88 valence electrons. The summed E-state index contributed by atoms with van der Waals surface area (Å²) in [6.45, 7) is 2.80. The maximum Gasteiger partial charge on any atom is 0.206 e. The van der Waals surface area contributed by atoms with E-state index >= 15 is 0 Å². The number of rotatable bonds is 4. The van der Waals surface area contributed by atoms with Gasteiger partial charge < -0.3 is 14.8 Å². The molecule has 0 aromatic rings. The van der Waals surface area contributed by atoms with Crippen LogP contribution in [-0.2, 0) is 9.47 Å². The first-order valence-corrected chi connectivity index (χ1v) is 5.21. The van der Waals surface area contributed by atoms with Crippen molar-refractivity contribution in [2.75, 3.05) is 33.5 Å². The van der Waals surface area contributed by atoms with Gasteiger partial charge in [0.15, 0.2) is 0 Å². The van der Waals surface area contributed by atoms with Crippen molar-refractivity contribution in [1.82, 2.24) is 10.7 Å². The molecule has 1 fully saturated rings. The summed E-state index contributed by atoms with van der Waals surface area (Å²) in [4.78, 5) is 4.23. The van der Waals surface area contributed by atoms with Gasteiger partial charge in [-0.15, -0.1) is 0 Å². The molecule has 15 heavy (non-hydrogen) atoms. The van der Waals surface area contributed by atoms with Gasteiger partial charge in [-0.25, -0.2) is 10.8 Å². The molecule has 1 saturated heterocycles. The zero-order valence-corrected chi connectivity index (χ0v) is 9.16. The van der Waals surface area contributed by atoms with Crippen LogP contribution in [0.5, 0.6) is 0 Å². The summed E-state index contributed by atoms with van der Waals surface area (Å²) in [6.07, 6.45) is 1.98. The van der Waals surface area contributed by atoms with Gasteiger partial charge in [0.25, 0.3) is 0 Å². The molecular formula is C9H20N4O2. The largest absolute Gasteiger partial charge is 0.383 e. The van der Waals surface area contributed by atoms with Crippen LogP contribution in [-0.4, -0.2) is 45.5 Å². The van der Waals surface area contributed by atoms with E-state index in [1.54, 1.807) is 7.11 Å². The molecule has 1 aliphatic rings. The van der Waals surface area contributed by atoms with Crippen LogP contribution in [0, 0.1) is 0 Å². The molecule has 0 aromatic heterocycles. The molecular weight excluding hydrogens is 196 g/mol. The van der Waals surface area contributed by atoms with Crippen molar-refractivity contribution in [2.24, 2.45) is 10.8 Å². The summed E-state index contributed by atoms with van der Waals surface area (Å²) < 4.78 is 10.2. The molecule has 0 bridgehead atoms. The third-order valence-electron chi connectivity index (χ3n) is 2.26. The Morgan fingerprint density at radius 2 is 2.27 bits per heavy atom. The highest BCUT2D eigenvalue weighted by molar-refractivity contribution is 5.79. The van der Waals surface area contributed by atoms with Gasteiger partial charge in [-0.3, -0.25) is 5.43 Å². The maximum absolute atomic E-state index is 5.36. The zero-order chi connectivity index (χ0) is 10.9. The fourth-order valence-corrected chi connectivity index (χ4v) is 1.42.